The molecule has 4 aromatic carbocycles. The molecule has 0 saturated carbocycles. The first-order chi connectivity index (χ1) is 18.3. The molecule has 37 heavy (non-hydrogen) atoms. The van der Waals surface area contributed by atoms with Crippen molar-refractivity contribution in [2.45, 2.75) is 24.3 Å². The Bertz CT molecular complexity index is 1410. The van der Waals surface area contributed by atoms with Crippen molar-refractivity contribution in [3.8, 4) is 6.07 Å². The largest absolute Gasteiger partial charge is 0.467 e. The molecular weight excluding hydrogens is 458 g/mol. The Morgan fingerprint density at radius 1 is 0.622 bits per heavy atom. The van der Waals surface area contributed by atoms with Gasteiger partial charge in [-0.05, 0) is 22.3 Å². The Hall–Kier alpha value is -4.82. The topological polar surface area (TPSA) is 66.6 Å². The average Bonchev–Trinajstić information content (AvgIpc) is 3.61. The lowest BCUT2D eigenvalue weighted by Gasteiger charge is -2.18. The predicted octanol–water partition coefficient (Wildman–Crippen LogP) is 6.74. The maximum absolute atomic E-state index is 10.3. The number of benzene rings is 4. The van der Waals surface area contributed by atoms with Crippen molar-refractivity contribution in [3.05, 3.63) is 155 Å². The summed E-state index contributed by atoms with van der Waals surface area (Å²) in [5.74, 6) is 0.665. The number of hydrogen-bond acceptors (Lipinski definition) is 5. The van der Waals surface area contributed by atoms with E-state index in [0.29, 0.717) is 5.88 Å². The van der Waals surface area contributed by atoms with Crippen molar-refractivity contribution in [3.63, 3.8) is 0 Å². The number of nitriles is 1. The van der Waals surface area contributed by atoms with Gasteiger partial charge in [0.05, 0.1) is 6.04 Å². The summed E-state index contributed by atoms with van der Waals surface area (Å²) in [5.41, 5.74) is 4.39. The van der Waals surface area contributed by atoms with Crippen LogP contribution in [0.2, 0.25) is 0 Å². The highest BCUT2D eigenvalue weighted by Gasteiger charge is 2.40. The van der Waals surface area contributed by atoms with E-state index >= 15 is 0 Å². The van der Waals surface area contributed by atoms with Crippen LogP contribution in [0.4, 0.5) is 0 Å². The van der Waals surface area contributed by atoms with Gasteiger partial charge in [0.15, 0.2) is 11.7 Å². The molecule has 0 amide bonds. The van der Waals surface area contributed by atoms with Gasteiger partial charge >= 0.3 is 0 Å². The maximum atomic E-state index is 10.3. The molecule has 0 aromatic heterocycles. The third kappa shape index (κ3) is 4.46. The lowest BCUT2D eigenvalue weighted by Crippen LogP contribution is -2.18. The fraction of sp³-hybridized carbons (Fsp3) is 0.125. The zero-order valence-electron chi connectivity index (χ0n) is 20.1. The number of nitrogens with zero attached hydrogens (tertiary/aromatic N) is 2. The molecule has 0 bridgehead atoms. The van der Waals surface area contributed by atoms with E-state index in [1.165, 1.54) is 0 Å². The summed E-state index contributed by atoms with van der Waals surface area (Å²) < 4.78 is 12.9. The summed E-state index contributed by atoms with van der Waals surface area (Å²) in [5, 5.41) is 13.8. The van der Waals surface area contributed by atoms with Crippen molar-refractivity contribution in [2.75, 3.05) is 0 Å². The Balaban J connectivity index is 1.40. The van der Waals surface area contributed by atoms with Gasteiger partial charge < -0.3 is 14.8 Å². The second-order valence-corrected chi connectivity index (χ2v) is 9.04. The molecule has 2 aliphatic rings. The molecule has 180 valence electrons. The Kier molecular flexibility index (Phi) is 6.14. The minimum atomic E-state index is -0.348. The van der Waals surface area contributed by atoms with Gasteiger partial charge in [-0.15, -0.1) is 0 Å². The van der Waals surface area contributed by atoms with Crippen molar-refractivity contribution in [1.29, 1.82) is 5.26 Å². The van der Waals surface area contributed by atoms with Crippen LogP contribution in [-0.4, -0.2) is 5.90 Å². The summed E-state index contributed by atoms with van der Waals surface area (Å²) in [6, 6.07) is 42.1. The van der Waals surface area contributed by atoms with E-state index in [4.69, 9.17) is 14.5 Å². The Morgan fingerprint density at radius 3 is 1.65 bits per heavy atom. The van der Waals surface area contributed by atoms with Crippen LogP contribution in [-0.2, 0) is 9.47 Å². The van der Waals surface area contributed by atoms with Crippen molar-refractivity contribution in [1.82, 2.24) is 5.32 Å². The van der Waals surface area contributed by atoms with Gasteiger partial charge in [0.1, 0.15) is 18.2 Å². The molecule has 2 heterocycles. The van der Waals surface area contributed by atoms with Gasteiger partial charge in [-0.2, -0.15) is 5.26 Å². The summed E-state index contributed by atoms with van der Waals surface area (Å²) >= 11 is 0. The van der Waals surface area contributed by atoms with Gasteiger partial charge in [-0.1, -0.05) is 121 Å². The first-order valence-corrected chi connectivity index (χ1v) is 12.3. The minimum absolute atomic E-state index is 0.168. The van der Waals surface area contributed by atoms with Gasteiger partial charge in [0.2, 0.25) is 11.8 Å². The Morgan fingerprint density at radius 2 is 1.11 bits per heavy atom. The Labute approximate surface area is 216 Å². The summed E-state index contributed by atoms with van der Waals surface area (Å²) in [4.78, 5) is 4.92. The first kappa shape index (κ1) is 22.6. The summed E-state index contributed by atoms with van der Waals surface area (Å²) in [6.45, 7) is 0. The summed E-state index contributed by atoms with van der Waals surface area (Å²) in [7, 11) is 0. The summed E-state index contributed by atoms with van der Waals surface area (Å²) in [6.07, 6.45) is -0.655. The van der Waals surface area contributed by atoms with Crippen LogP contribution in [0.25, 0.3) is 0 Å². The van der Waals surface area contributed by atoms with Gasteiger partial charge in [-0.3, -0.25) is 0 Å². The monoisotopic (exact) mass is 483 g/mol. The molecule has 0 radical (unpaired) electrons. The standard InChI is InChI=1S/C32H25N3O2/c33-21-26(31-34-27(22-13-5-1-6-14-22)29(36-31)24-17-9-3-10-18-24)32-35-28(23-15-7-2-8-16-23)30(37-32)25-19-11-4-12-20-25/h1-20,27-30,34H/b31-26-/t27-,28-,29+,30+/m0/s1. The third-order valence-electron chi connectivity index (χ3n) is 6.72. The van der Waals surface area contributed by atoms with E-state index < -0.39 is 0 Å². The molecule has 5 heteroatoms. The number of hydrogen-bond donors (Lipinski definition) is 1. The molecule has 0 aliphatic carbocycles. The molecular formula is C32H25N3O2. The molecule has 0 unspecified atom stereocenters. The number of ether oxygens (including phenoxy) is 2. The molecule has 4 atom stereocenters. The van der Waals surface area contributed by atoms with Crippen LogP contribution in [0.5, 0.6) is 0 Å². The van der Waals surface area contributed by atoms with E-state index in [-0.39, 0.29) is 35.8 Å². The molecule has 4 aromatic rings. The molecule has 2 aliphatic heterocycles. The van der Waals surface area contributed by atoms with E-state index in [0.717, 1.165) is 22.3 Å². The van der Waals surface area contributed by atoms with Crippen LogP contribution in [0.1, 0.15) is 46.5 Å². The lowest BCUT2D eigenvalue weighted by atomic mass is 9.97. The van der Waals surface area contributed by atoms with Gasteiger partial charge in [0, 0.05) is 0 Å². The van der Waals surface area contributed by atoms with E-state index in [1.807, 2.05) is 109 Å². The molecule has 1 saturated heterocycles. The maximum Gasteiger partial charge on any atom is 0.234 e. The van der Waals surface area contributed by atoms with Crippen molar-refractivity contribution < 1.29 is 9.47 Å². The van der Waals surface area contributed by atoms with Crippen LogP contribution < -0.4 is 5.32 Å². The molecule has 1 N–H and O–H groups in total. The lowest BCUT2D eigenvalue weighted by molar-refractivity contribution is 0.149. The normalized spacial score (nSPS) is 23.7. The van der Waals surface area contributed by atoms with Gasteiger partial charge in [-0.25, -0.2) is 4.99 Å². The molecule has 1 fully saturated rings. The zero-order chi connectivity index (χ0) is 25.0. The second kappa shape index (κ2) is 10.0. The van der Waals surface area contributed by atoms with Crippen LogP contribution >= 0.6 is 0 Å². The molecule has 5 nitrogen and oxygen atoms in total. The smallest absolute Gasteiger partial charge is 0.234 e. The fourth-order valence-corrected chi connectivity index (χ4v) is 4.92. The third-order valence-corrected chi connectivity index (χ3v) is 6.72. The number of aliphatic imine (C=N–C) groups is 1. The zero-order valence-corrected chi connectivity index (χ0v) is 20.1. The number of nitrogens with one attached hydrogen (secondary N) is 1. The minimum Gasteiger partial charge on any atom is -0.467 e. The average molecular weight is 484 g/mol. The quantitative estimate of drug-likeness (QED) is 0.320. The highest BCUT2D eigenvalue weighted by Crippen LogP contribution is 2.44. The van der Waals surface area contributed by atoms with Crippen LogP contribution in [0, 0.1) is 11.3 Å². The first-order valence-electron chi connectivity index (χ1n) is 12.3. The van der Waals surface area contributed by atoms with Crippen molar-refractivity contribution >= 4 is 5.90 Å². The van der Waals surface area contributed by atoms with E-state index in [9.17, 15) is 5.26 Å². The number of rotatable bonds is 5. The van der Waals surface area contributed by atoms with Gasteiger partial charge in [0.25, 0.3) is 0 Å². The highest BCUT2D eigenvalue weighted by atomic mass is 16.5. The van der Waals surface area contributed by atoms with E-state index in [2.05, 4.69) is 23.5 Å². The van der Waals surface area contributed by atoms with Crippen LogP contribution in [0.3, 0.4) is 0 Å². The predicted molar refractivity (Wildman–Crippen MR) is 142 cm³/mol. The fourth-order valence-electron chi connectivity index (χ4n) is 4.92. The molecule has 0 spiro atoms. The van der Waals surface area contributed by atoms with E-state index in [1.54, 1.807) is 0 Å². The second-order valence-electron chi connectivity index (χ2n) is 9.04. The highest BCUT2D eigenvalue weighted by molar-refractivity contribution is 5.99. The van der Waals surface area contributed by atoms with Crippen LogP contribution in [0.15, 0.2) is 138 Å². The molecule has 6 rings (SSSR count). The SMILES string of the molecule is N#C/C(C1=N[C@@H](c2ccccc2)[C@@H](c2ccccc2)O1)=C1\N[C@@H](c2ccccc2)[C@@H](c2ccccc2)O1. The van der Waals surface area contributed by atoms with Crippen molar-refractivity contribution in [2.24, 2.45) is 4.99 Å².